The summed E-state index contributed by atoms with van der Waals surface area (Å²) in [6.07, 6.45) is 0.994. The van der Waals surface area contributed by atoms with Gasteiger partial charge in [-0.3, -0.25) is 9.59 Å². The van der Waals surface area contributed by atoms with Crippen LogP contribution in [0.15, 0.2) is 24.3 Å². The van der Waals surface area contributed by atoms with Crippen LogP contribution in [0.1, 0.15) is 44.7 Å². The largest absolute Gasteiger partial charge is 0.480 e. The van der Waals surface area contributed by atoms with Crippen molar-refractivity contribution in [1.82, 2.24) is 5.32 Å². The molecule has 0 aliphatic rings. The second kappa shape index (κ2) is 9.47. The molecule has 0 fully saturated rings. The molecule has 0 aliphatic carbocycles. The molecular weight excluding hydrogens is 326 g/mol. The molecule has 132 valence electrons. The minimum atomic E-state index is -1.14. The van der Waals surface area contributed by atoms with Gasteiger partial charge in [0.1, 0.15) is 6.04 Å². The van der Waals surface area contributed by atoms with E-state index in [1.54, 1.807) is 6.92 Å². The van der Waals surface area contributed by atoms with Crippen LogP contribution in [-0.4, -0.2) is 33.9 Å². The maximum Gasteiger partial charge on any atom is 0.327 e. The van der Waals surface area contributed by atoms with Crippen molar-refractivity contribution in [3.05, 3.63) is 35.4 Å². The number of rotatable bonds is 8. The zero-order valence-corrected chi connectivity index (χ0v) is 15.4. The molecule has 1 aromatic carbocycles. The second-order valence-corrected chi connectivity index (χ2v) is 7.31. The molecule has 24 heavy (non-hydrogen) atoms. The van der Waals surface area contributed by atoms with Gasteiger partial charge in [-0.25, -0.2) is 4.79 Å². The Kier molecular flexibility index (Phi) is 7.98. The lowest BCUT2D eigenvalue weighted by atomic mass is 9.97. The first-order valence-corrected chi connectivity index (χ1v) is 8.94. The van der Waals surface area contributed by atoms with Crippen LogP contribution in [0.4, 0.5) is 0 Å². The van der Waals surface area contributed by atoms with Crippen molar-refractivity contribution >= 4 is 28.8 Å². The van der Waals surface area contributed by atoms with E-state index in [0.717, 1.165) is 23.7 Å². The Morgan fingerprint density at radius 3 is 2.17 bits per heavy atom. The molecule has 1 rings (SSSR count). The highest BCUT2D eigenvalue weighted by atomic mass is 32.2. The summed E-state index contributed by atoms with van der Waals surface area (Å²) in [5.74, 6) is -1.30. The number of carbonyl (C=O) groups is 3. The maximum absolute atomic E-state index is 12.3. The Bertz CT molecular complexity index is 583. The third-order valence-electron chi connectivity index (χ3n) is 3.55. The third kappa shape index (κ3) is 6.74. The summed E-state index contributed by atoms with van der Waals surface area (Å²) in [6.45, 7) is 7.38. The van der Waals surface area contributed by atoms with Gasteiger partial charge in [-0.05, 0) is 23.5 Å². The van der Waals surface area contributed by atoms with Gasteiger partial charge in [-0.1, -0.05) is 56.8 Å². The molecule has 0 aromatic heterocycles. The molecule has 0 aliphatic heterocycles. The first-order chi connectivity index (χ1) is 11.2. The Hall–Kier alpha value is -1.82. The number of carboxylic acids is 1. The smallest absolute Gasteiger partial charge is 0.327 e. The van der Waals surface area contributed by atoms with Crippen LogP contribution in [0.25, 0.3) is 0 Å². The van der Waals surface area contributed by atoms with Crippen LogP contribution in [0.5, 0.6) is 0 Å². The van der Waals surface area contributed by atoms with E-state index in [9.17, 15) is 14.4 Å². The number of nitrogens with one attached hydrogen (secondary N) is 1. The fourth-order valence-corrected chi connectivity index (χ4v) is 3.20. The number of benzene rings is 1. The van der Waals surface area contributed by atoms with E-state index < -0.39 is 17.9 Å². The van der Waals surface area contributed by atoms with Crippen LogP contribution in [0, 0.1) is 5.92 Å². The number of hydrogen-bond acceptors (Lipinski definition) is 4. The molecule has 1 amide bonds. The number of hydrogen-bond donors (Lipinski definition) is 2. The number of thioether (sulfide) groups is 1. The first kappa shape index (κ1) is 20.2. The zero-order chi connectivity index (χ0) is 18.3. The van der Waals surface area contributed by atoms with E-state index in [1.165, 1.54) is 12.5 Å². The van der Waals surface area contributed by atoms with E-state index in [0.29, 0.717) is 5.92 Å². The van der Waals surface area contributed by atoms with E-state index in [-0.39, 0.29) is 16.8 Å². The monoisotopic (exact) mass is 351 g/mol. The van der Waals surface area contributed by atoms with Gasteiger partial charge in [0.25, 0.3) is 0 Å². The minimum Gasteiger partial charge on any atom is -0.480 e. The van der Waals surface area contributed by atoms with Crippen LogP contribution in [-0.2, 0) is 20.8 Å². The summed E-state index contributed by atoms with van der Waals surface area (Å²) < 4.78 is 0. The van der Waals surface area contributed by atoms with Crippen molar-refractivity contribution in [2.24, 2.45) is 5.92 Å². The normalized spacial score (nSPS) is 13.4. The molecule has 0 saturated carbocycles. The van der Waals surface area contributed by atoms with Gasteiger partial charge in [0.2, 0.25) is 5.91 Å². The lowest BCUT2D eigenvalue weighted by Gasteiger charge is -2.15. The predicted molar refractivity (Wildman–Crippen MR) is 96.1 cm³/mol. The molecular formula is C18H25NO4S. The van der Waals surface area contributed by atoms with Gasteiger partial charge < -0.3 is 10.4 Å². The fraction of sp³-hybridized carbons (Fsp3) is 0.500. The topological polar surface area (TPSA) is 83.5 Å². The van der Waals surface area contributed by atoms with Gasteiger partial charge >= 0.3 is 5.97 Å². The Morgan fingerprint density at radius 2 is 1.71 bits per heavy atom. The molecule has 5 nitrogen and oxygen atoms in total. The third-order valence-corrected chi connectivity index (χ3v) is 4.68. The molecule has 1 aromatic rings. The summed E-state index contributed by atoms with van der Waals surface area (Å²) in [4.78, 5) is 34.3. The van der Waals surface area contributed by atoms with Crippen molar-refractivity contribution < 1.29 is 19.5 Å². The van der Waals surface area contributed by atoms with Crippen molar-refractivity contribution in [1.29, 1.82) is 0 Å². The quantitative estimate of drug-likeness (QED) is 0.752. The molecule has 0 heterocycles. The molecule has 1 unspecified atom stereocenters. The predicted octanol–water partition coefficient (Wildman–Crippen LogP) is 2.84. The Balaban J connectivity index is 2.63. The van der Waals surface area contributed by atoms with Crippen molar-refractivity contribution in [2.75, 3.05) is 5.75 Å². The standard InChI is InChI=1S/C18H25NO4S/c1-11(2)9-14-5-7-15(8-6-14)12(3)18(23)24-10-16(17(21)22)19-13(4)20/h5-8,11-12,16H,9-10H2,1-4H3,(H,19,20)(H,21,22)/t12?,16-/m0/s1. The average Bonchev–Trinajstić information content (AvgIpc) is 2.50. The molecule has 0 bridgehead atoms. The summed E-state index contributed by atoms with van der Waals surface area (Å²) >= 11 is 0.938. The highest BCUT2D eigenvalue weighted by Crippen LogP contribution is 2.23. The van der Waals surface area contributed by atoms with E-state index in [1.807, 2.05) is 24.3 Å². The minimum absolute atomic E-state index is 0.0174. The van der Waals surface area contributed by atoms with Crippen LogP contribution in [0.3, 0.4) is 0 Å². The van der Waals surface area contributed by atoms with Crippen LogP contribution in [0.2, 0.25) is 0 Å². The zero-order valence-electron chi connectivity index (χ0n) is 14.5. The fourth-order valence-electron chi connectivity index (χ4n) is 2.26. The molecule has 2 N–H and O–H groups in total. The first-order valence-electron chi connectivity index (χ1n) is 7.96. The van der Waals surface area contributed by atoms with E-state index in [4.69, 9.17) is 5.11 Å². The van der Waals surface area contributed by atoms with Gasteiger partial charge in [0, 0.05) is 12.7 Å². The Morgan fingerprint density at radius 1 is 1.12 bits per heavy atom. The van der Waals surface area contributed by atoms with Gasteiger partial charge in [-0.2, -0.15) is 0 Å². The highest BCUT2D eigenvalue weighted by Gasteiger charge is 2.22. The number of carboxylic acid groups (broad SMARTS) is 1. The molecule has 0 radical (unpaired) electrons. The van der Waals surface area contributed by atoms with Crippen LogP contribution < -0.4 is 5.32 Å². The lowest BCUT2D eigenvalue weighted by molar-refractivity contribution is -0.140. The number of aliphatic carboxylic acids is 1. The second-order valence-electron chi connectivity index (χ2n) is 6.28. The molecule has 0 spiro atoms. The lowest BCUT2D eigenvalue weighted by Crippen LogP contribution is -2.41. The van der Waals surface area contributed by atoms with Gasteiger partial charge in [0.15, 0.2) is 5.12 Å². The molecule has 6 heteroatoms. The summed E-state index contributed by atoms with van der Waals surface area (Å²) in [6, 6.07) is 6.90. The van der Waals surface area contributed by atoms with Gasteiger partial charge in [-0.15, -0.1) is 0 Å². The van der Waals surface area contributed by atoms with Crippen molar-refractivity contribution in [3.63, 3.8) is 0 Å². The van der Waals surface area contributed by atoms with Crippen LogP contribution >= 0.6 is 11.8 Å². The summed E-state index contributed by atoms with van der Waals surface area (Å²) in [5.41, 5.74) is 2.14. The summed E-state index contributed by atoms with van der Waals surface area (Å²) in [7, 11) is 0. The maximum atomic E-state index is 12.3. The van der Waals surface area contributed by atoms with Crippen molar-refractivity contribution in [2.45, 2.75) is 46.1 Å². The number of amides is 1. The number of carbonyl (C=O) groups excluding carboxylic acids is 2. The van der Waals surface area contributed by atoms with E-state index >= 15 is 0 Å². The van der Waals surface area contributed by atoms with Gasteiger partial charge in [0.05, 0.1) is 5.92 Å². The molecule has 0 saturated heterocycles. The average molecular weight is 351 g/mol. The molecule has 2 atom stereocenters. The van der Waals surface area contributed by atoms with Crippen molar-refractivity contribution in [3.8, 4) is 0 Å². The Labute approximate surface area is 147 Å². The summed E-state index contributed by atoms with van der Waals surface area (Å²) in [5, 5.41) is 11.3. The highest BCUT2D eigenvalue weighted by molar-refractivity contribution is 8.13. The van der Waals surface area contributed by atoms with E-state index in [2.05, 4.69) is 19.2 Å². The SMILES string of the molecule is CC(=O)N[C@@H](CSC(=O)C(C)c1ccc(CC(C)C)cc1)C(=O)O.